The van der Waals surface area contributed by atoms with Crippen LogP contribution in [0.1, 0.15) is 26.7 Å². The fourth-order valence-corrected chi connectivity index (χ4v) is 2.74. The molecule has 20 heavy (non-hydrogen) atoms. The fraction of sp³-hybridized carbons (Fsp3) is 0.571. The summed E-state index contributed by atoms with van der Waals surface area (Å²) in [6.45, 7) is 5.03. The molecule has 0 radical (unpaired) electrons. The molecule has 2 unspecified atom stereocenters. The van der Waals surface area contributed by atoms with Crippen LogP contribution in [0, 0.1) is 16.0 Å². The molecule has 0 amide bonds. The summed E-state index contributed by atoms with van der Waals surface area (Å²) in [5.74, 6) is 0.480. The first-order valence-electron chi connectivity index (χ1n) is 6.79. The van der Waals surface area contributed by atoms with Crippen molar-refractivity contribution in [2.45, 2.75) is 38.8 Å². The van der Waals surface area contributed by atoms with Gasteiger partial charge in [0.05, 0.1) is 16.7 Å². The van der Waals surface area contributed by atoms with Crippen molar-refractivity contribution >= 4 is 27.3 Å². The van der Waals surface area contributed by atoms with Gasteiger partial charge in [0.15, 0.2) is 0 Å². The lowest BCUT2D eigenvalue weighted by Gasteiger charge is -2.33. The molecule has 2 atom stereocenters. The van der Waals surface area contributed by atoms with Gasteiger partial charge in [0.2, 0.25) is 0 Å². The normalized spacial score (nSPS) is 22.8. The first-order chi connectivity index (χ1) is 9.47. The molecule has 1 N–H and O–H groups in total. The number of halogens is 1. The first kappa shape index (κ1) is 15.3. The molecule has 0 saturated carbocycles. The van der Waals surface area contributed by atoms with Crippen LogP contribution < -0.4 is 5.32 Å². The monoisotopic (exact) mass is 342 g/mol. The van der Waals surface area contributed by atoms with Crippen LogP contribution in [-0.2, 0) is 4.74 Å². The third-order valence-corrected chi connectivity index (χ3v) is 4.27. The van der Waals surface area contributed by atoms with Crippen molar-refractivity contribution in [3.63, 3.8) is 0 Å². The average Bonchev–Trinajstić information content (AvgIpc) is 2.41. The third kappa shape index (κ3) is 3.70. The van der Waals surface area contributed by atoms with Gasteiger partial charge in [-0.25, -0.2) is 0 Å². The van der Waals surface area contributed by atoms with Crippen LogP contribution in [0.2, 0.25) is 0 Å². The van der Waals surface area contributed by atoms with Crippen molar-refractivity contribution in [2.24, 2.45) is 5.92 Å². The van der Waals surface area contributed by atoms with E-state index in [0.29, 0.717) is 5.92 Å². The molecule has 0 aliphatic carbocycles. The molecule has 5 nitrogen and oxygen atoms in total. The summed E-state index contributed by atoms with van der Waals surface area (Å²) in [5.41, 5.74) is 0.872. The average molecular weight is 343 g/mol. The highest BCUT2D eigenvalue weighted by atomic mass is 79.9. The Hall–Kier alpha value is -1.14. The highest BCUT2D eigenvalue weighted by Crippen LogP contribution is 2.30. The molecular weight excluding hydrogens is 324 g/mol. The van der Waals surface area contributed by atoms with Gasteiger partial charge in [-0.1, -0.05) is 13.8 Å². The van der Waals surface area contributed by atoms with Crippen molar-refractivity contribution in [1.82, 2.24) is 0 Å². The van der Waals surface area contributed by atoms with Gasteiger partial charge in [-0.3, -0.25) is 10.1 Å². The Balaban J connectivity index is 2.09. The zero-order chi connectivity index (χ0) is 14.7. The number of hydrogen-bond donors (Lipinski definition) is 1. The predicted octanol–water partition coefficient (Wildman–Crippen LogP) is 3.97. The topological polar surface area (TPSA) is 64.4 Å². The minimum Gasteiger partial charge on any atom is -0.381 e. The number of nitro benzene ring substituents is 1. The summed E-state index contributed by atoms with van der Waals surface area (Å²) in [4.78, 5) is 10.5. The number of non-ortho nitro benzene ring substituents is 1. The molecule has 0 aromatic heterocycles. The van der Waals surface area contributed by atoms with Crippen LogP contribution in [0.15, 0.2) is 22.7 Å². The standard InChI is InChI=1S/C14H19BrN2O3/c1-9(2)14-7-10(5-6-20-14)16-13-8-11(17(18)19)3-4-12(13)15/h3-4,8-10,14,16H,5-7H2,1-2H3. The van der Waals surface area contributed by atoms with E-state index in [0.717, 1.165) is 29.6 Å². The highest BCUT2D eigenvalue weighted by Gasteiger charge is 2.25. The van der Waals surface area contributed by atoms with E-state index in [9.17, 15) is 10.1 Å². The number of nitrogens with one attached hydrogen (secondary N) is 1. The van der Waals surface area contributed by atoms with Crippen molar-refractivity contribution in [1.29, 1.82) is 0 Å². The van der Waals surface area contributed by atoms with Crippen molar-refractivity contribution in [2.75, 3.05) is 11.9 Å². The maximum atomic E-state index is 10.8. The second kappa shape index (κ2) is 6.54. The van der Waals surface area contributed by atoms with E-state index in [1.807, 2.05) is 0 Å². The number of rotatable bonds is 4. The second-order valence-electron chi connectivity index (χ2n) is 5.44. The van der Waals surface area contributed by atoms with Gasteiger partial charge in [-0.15, -0.1) is 0 Å². The summed E-state index contributed by atoms with van der Waals surface area (Å²) in [6, 6.07) is 5.06. The van der Waals surface area contributed by atoms with Gasteiger partial charge < -0.3 is 10.1 Å². The van der Waals surface area contributed by atoms with E-state index >= 15 is 0 Å². The Bertz CT molecular complexity index is 493. The van der Waals surface area contributed by atoms with Crippen molar-refractivity contribution < 1.29 is 9.66 Å². The molecule has 1 saturated heterocycles. The SMILES string of the molecule is CC(C)C1CC(Nc2cc([N+](=O)[O-])ccc2Br)CCO1. The number of anilines is 1. The molecule has 0 bridgehead atoms. The van der Waals surface area contributed by atoms with E-state index in [4.69, 9.17) is 4.74 Å². The lowest BCUT2D eigenvalue weighted by Crippen LogP contribution is -2.36. The molecule has 110 valence electrons. The lowest BCUT2D eigenvalue weighted by atomic mass is 9.95. The smallest absolute Gasteiger partial charge is 0.271 e. The Kier molecular flexibility index (Phi) is 4.99. The van der Waals surface area contributed by atoms with Crippen LogP contribution in [0.3, 0.4) is 0 Å². The number of nitrogens with zero attached hydrogens (tertiary/aromatic N) is 1. The maximum absolute atomic E-state index is 10.8. The minimum atomic E-state index is -0.376. The van der Waals surface area contributed by atoms with Crippen molar-refractivity contribution in [3.05, 3.63) is 32.8 Å². The Morgan fingerprint density at radius 2 is 2.25 bits per heavy atom. The Morgan fingerprint density at radius 3 is 2.90 bits per heavy atom. The summed E-state index contributed by atoms with van der Waals surface area (Å²) in [6.07, 6.45) is 2.09. The zero-order valence-electron chi connectivity index (χ0n) is 11.6. The van der Waals surface area contributed by atoms with E-state index in [1.165, 1.54) is 6.07 Å². The number of benzene rings is 1. The van der Waals surface area contributed by atoms with Gasteiger partial charge in [0.1, 0.15) is 0 Å². The molecule has 6 heteroatoms. The van der Waals surface area contributed by atoms with Crippen molar-refractivity contribution in [3.8, 4) is 0 Å². The van der Waals surface area contributed by atoms with Crippen LogP contribution in [0.4, 0.5) is 11.4 Å². The van der Waals surface area contributed by atoms with Crippen LogP contribution in [0.5, 0.6) is 0 Å². The summed E-state index contributed by atoms with van der Waals surface area (Å²) < 4.78 is 6.58. The molecule has 2 rings (SSSR count). The number of hydrogen-bond acceptors (Lipinski definition) is 4. The molecule has 1 aliphatic heterocycles. The third-order valence-electron chi connectivity index (χ3n) is 3.58. The molecular formula is C14H19BrN2O3. The number of nitro groups is 1. The highest BCUT2D eigenvalue weighted by molar-refractivity contribution is 9.10. The summed E-state index contributed by atoms with van der Waals surface area (Å²) >= 11 is 3.43. The quantitative estimate of drug-likeness (QED) is 0.664. The second-order valence-corrected chi connectivity index (χ2v) is 6.29. The van der Waals surface area contributed by atoms with Gasteiger partial charge in [-0.05, 0) is 40.8 Å². The molecule has 1 aromatic rings. The van der Waals surface area contributed by atoms with E-state index < -0.39 is 0 Å². The number of ether oxygens (including phenoxy) is 1. The van der Waals surface area contributed by atoms with Crippen LogP contribution in [-0.4, -0.2) is 23.7 Å². The van der Waals surface area contributed by atoms with E-state index in [2.05, 4.69) is 35.1 Å². The molecule has 1 heterocycles. The molecule has 1 aromatic carbocycles. The minimum absolute atomic E-state index is 0.100. The Morgan fingerprint density at radius 1 is 1.50 bits per heavy atom. The largest absolute Gasteiger partial charge is 0.381 e. The van der Waals surface area contributed by atoms with E-state index in [-0.39, 0.29) is 22.8 Å². The predicted molar refractivity (Wildman–Crippen MR) is 82.0 cm³/mol. The Labute approximate surface area is 127 Å². The first-order valence-corrected chi connectivity index (χ1v) is 7.58. The van der Waals surface area contributed by atoms with Gasteiger partial charge >= 0.3 is 0 Å². The van der Waals surface area contributed by atoms with Gasteiger partial charge in [-0.2, -0.15) is 0 Å². The van der Waals surface area contributed by atoms with Crippen LogP contribution in [0.25, 0.3) is 0 Å². The van der Waals surface area contributed by atoms with Crippen LogP contribution >= 0.6 is 15.9 Å². The molecule has 1 fully saturated rings. The fourth-order valence-electron chi connectivity index (χ4n) is 2.38. The zero-order valence-corrected chi connectivity index (χ0v) is 13.2. The maximum Gasteiger partial charge on any atom is 0.271 e. The van der Waals surface area contributed by atoms with Gasteiger partial charge in [0, 0.05) is 29.3 Å². The van der Waals surface area contributed by atoms with E-state index in [1.54, 1.807) is 12.1 Å². The van der Waals surface area contributed by atoms with Gasteiger partial charge in [0.25, 0.3) is 5.69 Å². The summed E-state index contributed by atoms with van der Waals surface area (Å²) in [5, 5.41) is 14.2. The lowest BCUT2D eigenvalue weighted by molar-refractivity contribution is -0.384. The summed E-state index contributed by atoms with van der Waals surface area (Å²) in [7, 11) is 0. The molecule has 0 spiro atoms. The molecule has 1 aliphatic rings.